The van der Waals surface area contributed by atoms with Crippen LogP contribution in [0.5, 0.6) is 0 Å². The zero-order valence-corrected chi connectivity index (χ0v) is 22.7. The molecule has 0 radical (unpaired) electrons. The molecule has 3 aromatic rings. The number of rotatable bonds is 9. The smallest absolute Gasteiger partial charge is 0.304 e. The molecule has 0 aliphatic rings. The maximum atomic E-state index is 14.5. The average Bonchev–Trinajstić information content (AvgIpc) is 3.24. The minimum Gasteiger partial charge on any atom is -0.304 e. The Bertz CT molecular complexity index is 1380. The fraction of sp³-hybridized carbons (Fsp3) is 0.385. The number of halogens is 4. The average molecular weight is 556 g/mol. The number of alkyl halides is 3. The van der Waals surface area contributed by atoms with Crippen molar-refractivity contribution in [3.63, 3.8) is 0 Å². The van der Waals surface area contributed by atoms with Gasteiger partial charge in [-0.15, -0.1) is 11.3 Å². The molecule has 0 amide bonds. The summed E-state index contributed by atoms with van der Waals surface area (Å²) in [7, 11) is -4.48. The molecule has 0 aliphatic heterocycles. The minimum atomic E-state index is -4.74. The first kappa shape index (κ1) is 28.9. The van der Waals surface area contributed by atoms with Crippen LogP contribution in [0, 0.1) is 32.0 Å². The van der Waals surface area contributed by atoms with E-state index in [1.165, 1.54) is 29.5 Å². The Morgan fingerprint density at radius 1 is 1.11 bits per heavy atom. The Labute approximate surface area is 218 Å². The van der Waals surface area contributed by atoms with Crippen LogP contribution in [0.4, 0.5) is 17.6 Å². The molecule has 0 saturated carbocycles. The van der Waals surface area contributed by atoms with E-state index in [4.69, 9.17) is 5.41 Å². The van der Waals surface area contributed by atoms with Crippen molar-refractivity contribution in [2.75, 3.05) is 0 Å². The predicted octanol–water partition coefficient (Wildman–Crippen LogP) is 6.78. The molecule has 0 fully saturated rings. The summed E-state index contributed by atoms with van der Waals surface area (Å²) in [6.07, 6.45) is -3.12. The molecule has 0 saturated heterocycles. The van der Waals surface area contributed by atoms with Gasteiger partial charge in [-0.1, -0.05) is 13.0 Å². The van der Waals surface area contributed by atoms with E-state index in [-0.39, 0.29) is 11.6 Å². The van der Waals surface area contributed by atoms with Crippen LogP contribution in [0.3, 0.4) is 0 Å². The summed E-state index contributed by atoms with van der Waals surface area (Å²) in [5.41, 5.74) is 3.12. The summed E-state index contributed by atoms with van der Waals surface area (Å²) in [5.74, 6) is -1.31. The van der Waals surface area contributed by atoms with Gasteiger partial charge in [0.25, 0.3) is 0 Å². The number of hydrogen-bond acceptors (Lipinski definition) is 5. The number of thiophene rings is 1. The fourth-order valence-electron chi connectivity index (χ4n) is 4.28. The monoisotopic (exact) mass is 555 g/mol. The molecule has 11 heteroatoms. The number of sulfonamides is 1. The second-order valence-corrected chi connectivity index (χ2v) is 11.8. The van der Waals surface area contributed by atoms with Crippen LogP contribution < -0.4 is 4.72 Å². The third-order valence-electron chi connectivity index (χ3n) is 6.40. The number of nitrogens with zero attached hydrogens (tertiary/aromatic N) is 1. The molecule has 5 nitrogen and oxygen atoms in total. The van der Waals surface area contributed by atoms with Gasteiger partial charge in [0.1, 0.15) is 16.8 Å². The molecule has 200 valence electrons. The van der Waals surface area contributed by atoms with Crippen LogP contribution in [-0.2, 0) is 10.0 Å². The summed E-state index contributed by atoms with van der Waals surface area (Å²) >= 11 is 1.53. The number of aromatic nitrogens is 1. The third-order valence-corrected chi connectivity index (χ3v) is 9.08. The standard InChI is InChI=1S/C26H29F4N3O2S2/c1-6-19(25-14(2)9-10-36-25)23(24(31)20-12-21(27)16(4)11-15(20)3)22-8-7-18(13-32-22)37(34,35)33-17(5)26(28,29)30/h7-13,17,19,23,31,33H,6H2,1-5H3. The largest absolute Gasteiger partial charge is 0.404 e. The molecular weight excluding hydrogens is 526 g/mol. The summed E-state index contributed by atoms with van der Waals surface area (Å²) in [6.45, 7) is 8.08. The van der Waals surface area contributed by atoms with Crippen LogP contribution in [0.2, 0.25) is 0 Å². The lowest BCUT2D eigenvalue weighted by molar-refractivity contribution is -0.147. The molecule has 37 heavy (non-hydrogen) atoms. The van der Waals surface area contributed by atoms with Crippen molar-refractivity contribution in [3.05, 3.63) is 80.6 Å². The predicted molar refractivity (Wildman–Crippen MR) is 138 cm³/mol. The molecule has 2 heterocycles. The highest BCUT2D eigenvalue weighted by Crippen LogP contribution is 2.41. The molecule has 0 bridgehead atoms. The lowest BCUT2D eigenvalue weighted by Gasteiger charge is -2.28. The van der Waals surface area contributed by atoms with Gasteiger partial charge in [-0.25, -0.2) is 12.8 Å². The zero-order valence-electron chi connectivity index (χ0n) is 21.1. The van der Waals surface area contributed by atoms with Gasteiger partial charge in [0, 0.05) is 28.3 Å². The van der Waals surface area contributed by atoms with Gasteiger partial charge >= 0.3 is 6.18 Å². The molecule has 3 rings (SSSR count). The van der Waals surface area contributed by atoms with Crippen LogP contribution >= 0.6 is 11.3 Å². The van der Waals surface area contributed by atoms with Crippen LogP contribution in [0.1, 0.15) is 64.9 Å². The normalized spacial score (nSPS) is 14.8. The van der Waals surface area contributed by atoms with Gasteiger partial charge in [-0.05, 0) is 80.5 Å². The Morgan fingerprint density at radius 3 is 2.30 bits per heavy atom. The van der Waals surface area contributed by atoms with Crippen LogP contribution in [0.15, 0.2) is 46.8 Å². The second kappa shape index (κ2) is 11.0. The van der Waals surface area contributed by atoms with Crippen molar-refractivity contribution in [1.29, 1.82) is 5.41 Å². The van der Waals surface area contributed by atoms with E-state index in [1.807, 2.05) is 25.3 Å². The van der Waals surface area contributed by atoms with Crippen molar-refractivity contribution in [1.82, 2.24) is 9.71 Å². The zero-order chi connectivity index (χ0) is 27.7. The Hall–Kier alpha value is -2.63. The third kappa shape index (κ3) is 6.27. The lowest BCUT2D eigenvalue weighted by Crippen LogP contribution is -2.43. The minimum absolute atomic E-state index is 0.128. The van der Waals surface area contributed by atoms with Crippen molar-refractivity contribution < 1.29 is 26.0 Å². The van der Waals surface area contributed by atoms with Crippen molar-refractivity contribution in [2.24, 2.45) is 0 Å². The van der Waals surface area contributed by atoms with E-state index in [9.17, 15) is 26.0 Å². The molecule has 3 atom stereocenters. The highest BCUT2D eigenvalue weighted by Gasteiger charge is 2.39. The van der Waals surface area contributed by atoms with Gasteiger partial charge in [0.2, 0.25) is 10.0 Å². The maximum absolute atomic E-state index is 14.5. The summed E-state index contributed by atoms with van der Waals surface area (Å²) in [6, 6.07) is 5.29. The number of aryl methyl sites for hydroxylation is 3. The van der Waals surface area contributed by atoms with Gasteiger partial charge in [-0.2, -0.15) is 17.9 Å². The first-order valence-corrected chi connectivity index (χ1v) is 14.0. The first-order valence-electron chi connectivity index (χ1n) is 11.6. The molecule has 2 aromatic heterocycles. The van der Waals surface area contributed by atoms with Crippen molar-refractivity contribution in [2.45, 2.75) is 70.0 Å². The molecule has 1 aromatic carbocycles. The van der Waals surface area contributed by atoms with E-state index in [0.29, 0.717) is 23.2 Å². The number of pyridine rings is 1. The highest BCUT2D eigenvalue weighted by atomic mass is 32.2. The first-order chi connectivity index (χ1) is 17.2. The van der Waals surface area contributed by atoms with Crippen molar-refractivity contribution in [3.8, 4) is 0 Å². The summed E-state index contributed by atoms with van der Waals surface area (Å²) in [5, 5.41) is 11.1. The van der Waals surface area contributed by atoms with Gasteiger partial charge in [0.15, 0.2) is 0 Å². The summed E-state index contributed by atoms with van der Waals surface area (Å²) < 4.78 is 79.9. The maximum Gasteiger partial charge on any atom is 0.404 e. The van der Waals surface area contributed by atoms with Crippen molar-refractivity contribution >= 4 is 27.1 Å². The Morgan fingerprint density at radius 2 is 1.78 bits per heavy atom. The lowest BCUT2D eigenvalue weighted by atomic mass is 9.78. The number of benzene rings is 1. The molecule has 3 unspecified atom stereocenters. The summed E-state index contributed by atoms with van der Waals surface area (Å²) in [4.78, 5) is 4.92. The number of hydrogen-bond donors (Lipinski definition) is 2. The number of nitrogens with one attached hydrogen (secondary N) is 2. The van der Waals surface area contributed by atoms with E-state index < -0.39 is 38.9 Å². The van der Waals surface area contributed by atoms with E-state index in [0.717, 1.165) is 29.1 Å². The topological polar surface area (TPSA) is 82.9 Å². The van der Waals surface area contributed by atoms with Gasteiger partial charge < -0.3 is 5.41 Å². The van der Waals surface area contributed by atoms with E-state index in [1.54, 1.807) is 24.6 Å². The van der Waals surface area contributed by atoms with Gasteiger partial charge in [0.05, 0.1) is 11.6 Å². The van der Waals surface area contributed by atoms with Gasteiger partial charge in [-0.3, -0.25) is 4.98 Å². The molecular formula is C26H29F4N3O2S2. The fourth-order valence-corrected chi connectivity index (χ4v) is 6.60. The molecule has 0 spiro atoms. The second-order valence-electron chi connectivity index (χ2n) is 9.09. The Balaban J connectivity index is 2.09. The molecule has 0 aliphatic carbocycles. The van der Waals surface area contributed by atoms with Crippen LogP contribution in [-0.4, -0.2) is 31.3 Å². The Kier molecular flexibility index (Phi) is 8.60. The van der Waals surface area contributed by atoms with E-state index >= 15 is 0 Å². The quantitative estimate of drug-likeness (QED) is 0.226. The van der Waals surface area contributed by atoms with Crippen LogP contribution in [0.25, 0.3) is 0 Å². The molecule has 2 N–H and O–H groups in total. The van der Waals surface area contributed by atoms with E-state index in [2.05, 4.69) is 4.98 Å². The SMILES string of the molecule is CCC(c1sccc1C)C(C(=N)c1cc(F)c(C)cc1C)c1ccc(S(=O)(=O)NC(C)C(F)(F)F)cn1. The highest BCUT2D eigenvalue weighted by molar-refractivity contribution is 7.89.